The Morgan fingerprint density at radius 1 is 0.931 bits per heavy atom. The third kappa shape index (κ3) is 3.62. The van der Waals surface area contributed by atoms with E-state index < -0.39 is 17.8 Å². The largest absolute Gasteiger partial charge is 0.452 e. The molecule has 8 heteroatoms. The molecule has 29 heavy (non-hydrogen) atoms. The second kappa shape index (κ2) is 7.84. The third-order valence-corrected chi connectivity index (χ3v) is 4.82. The van der Waals surface area contributed by atoms with E-state index in [9.17, 15) is 19.2 Å². The van der Waals surface area contributed by atoms with Crippen molar-refractivity contribution in [2.45, 2.75) is 0 Å². The summed E-state index contributed by atoms with van der Waals surface area (Å²) in [5.41, 5.74) is 1.06. The Labute approximate surface area is 166 Å². The number of carbonyl (C=O) groups excluding carboxylic acids is 4. The van der Waals surface area contributed by atoms with Crippen molar-refractivity contribution in [3.63, 3.8) is 0 Å². The fourth-order valence-electron chi connectivity index (χ4n) is 3.31. The average molecular weight is 394 g/mol. The van der Waals surface area contributed by atoms with Crippen molar-refractivity contribution < 1.29 is 28.7 Å². The van der Waals surface area contributed by atoms with Gasteiger partial charge in [0.25, 0.3) is 17.7 Å². The summed E-state index contributed by atoms with van der Waals surface area (Å²) in [6.07, 6.45) is 0. The number of fused-ring (bicyclic) bond motifs is 1. The molecule has 0 unspecified atom stereocenters. The van der Waals surface area contributed by atoms with Gasteiger partial charge in [-0.05, 0) is 30.3 Å². The van der Waals surface area contributed by atoms with Crippen LogP contribution in [0.25, 0.3) is 0 Å². The lowest BCUT2D eigenvalue weighted by Gasteiger charge is -2.26. The number of ether oxygens (including phenoxy) is 2. The number of nitrogens with zero attached hydrogens (tertiary/aromatic N) is 2. The second-order valence-electron chi connectivity index (χ2n) is 6.61. The van der Waals surface area contributed by atoms with Gasteiger partial charge in [-0.25, -0.2) is 9.69 Å². The molecule has 0 atom stereocenters. The molecular weight excluding hydrogens is 376 g/mol. The molecule has 0 aromatic heterocycles. The maximum absolute atomic E-state index is 12.6. The highest BCUT2D eigenvalue weighted by Crippen LogP contribution is 2.28. The van der Waals surface area contributed by atoms with Gasteiger partial charge in [-0.15, -0.1) is 0 Å². The van der Waals surface area contributed by atoms with Crippen LogP contribution in [-0.4, -0.2) is 61.5 Å². The van der Waals surface area contributed by atoms with Crippen molar-refractivity contribution in [3.8, 4) is 0 Å². The minimum atomic E-state index is -0.704. The van der Waals surface area contributed by atoms with Crippen molar-refractivity contribution in [2.24, 2.45) is 0 Å². The number of hydrogen-bond donors (Lipinski definition) is 0. The van der Waals surface area contributed by atoms with Gasteiger partial charge in [0.1, 0.15) is 0 Å². The van der Waals surface area contributed by atoms with Crippen molar-refractivity contribution in [1.29, 1.82) is 0 Å². The minimum absolute atomic E-state index is 0.147. The lowest BCUT2D eigenvalue weighted by molar-refractivity contribution is -0.138. The molecular formula is C21H18N2O6. The third-order valence-electron chi connectivity index (χ3n) is 4.82. The Morgan fingerprint density at radius 2 is 1.59 bits per heavy atom. The molecule has 1 saturated heterocycles. The lowest BCUT2D eigenvalue weighted by atomic mass is 10.1. The molecule has 2 aromatic rings. The second-order valence-corrected chi connectivity index (χ2v) is 6.61. The van der Waals surface area contributed by atoms with Crippen molar-refractivity contribution in [2.75, 3.05) is 37.8 Å². The summed E-state index contributed by atoms with van der Waals surface area (Å²) in [5, 5.41) is 0. The zero-order valence-corrected chi connectivity index (χ0v) is 15.5. The van der Waals surface area contributed by atoms with Gasteiger partial charge in [0.05, 0.1) is 35.6 Å². The molecule has 0 bridgehead atoms. The molecule has 0 saturated carbocycles. The van der Waals surface area contributed by atoms with Gasteiger partial charge in [-0.2, -0.15) is 0 Å². The normalized spacial score (nSPS) is 16.0. The molecule has 2 heterocycles. The van der Waals surface area contributed by atoms with E-state index in [2.05, 4.69) is 0 Å². The van der Waals surface area contributed by atoms with Gasteiger partial charge < -0.3 is 14.4 Å². The van der Waals surface area contributed by atoms with Crippen LogP contribution >= 0.6 is 0 Å². The first-order valence-electron chi connectivity index (χ1n) is 9.17. The van der Waals surface area contributed by atoms with Gasteiger partial charge in [0, 0.05) is 13.1 Å². The van der Waals surface area contributed by atoms with Crippen molar-refractivity contribution >= 4 is 29.4 Å². The van der Waals surface area contributed by atoms with Crippen LogP contribution in [0.4, 0.5) is 5.69 Å². The summed E-state index contributed by atoms with van der Waals surface area (Å²) in [6, 6.07) is 12.6. The van der Waals surface area contributed by atoms with Crippen LogP contribution in [0.5, 0.6) is 0 Å². The predicted octanol–water partition coefficient (Wildman–Crippen LogP) is 1.50. The first-order chi connectivity index (χ1) is 14.1. The first kappa shape index (κ1) is 18.8. The quantitative estimate of drug-likeness (QED) is 0.576. The highest BCUT2D eigenvalue weighted by molar-refractivity contribution is 6.34. The summed E-state index contributed by atoms with van der Waals surface area (Å²) < 4.78 is 10.3. The van der Waals surface area contributed by atoms with E-state index in [-0.39, 0.29) is 23.8 Å². The molecule has 8 nitrogen and oxygen atoms in total. The van der Waals surface area contributed by atoms with Crippen LogP contribution in [0.2, 0.25) is 0 Å². The molecule has 4 rings (SSSR count). The highest BCUT2D eigenvalue weighted by Gasteiger charge is 2.36. The summed E-state index contributed by atoms with van der Waals surface area (Å²) in [7, 11) is 0. The smallest absolute Gasteiger partial charge is 0.338 e. The van der Waals surface area contributed by atoms with Gasteiger partial charge in [0.2, 0.25) is 0 Å². The summed E-state index contributed by atoms with van der Waals surface area (Å²) >= 11 is 0. The number of rotatable bonds is 4. The maximum atomic E-state index is 12.6. The zero-order chi connectivity index (χ0) is 20.4. The molecule has 0 spiro atoms. The maximum Gasteiger partial charge on any atom is 0.338 e. The van der Waals surface area contributed by atoms with E-state index in [0.717, 1.165) is 4.90 Å². The summed E-state index contributed by atoms with van der Waals surface area (Å²) in [5.74, 6) is -1.89. The number of hydrogen-bond acceptors (Lipinski definition) is 6. The summed E-state index contributed by atoms with van der Waals surface area (Å²) in [4.78, 5) is 52.3. The Bertz CT molecular complexity index is 961. The highest BCUT2D eigenvalue weighted by atomic mass is 16.5. The minimum Gasteiger partial charge on any atom is -0.452 e. The monoisotopic (exact) mass is 394 g/mol. The van der Waals surface area contributed by atoms with Crippen molar-refractivity contribution in [1.82, 2.24) is 4.90 Å². The van der Waals surface area contributed by atoms with Gasteiger partial charge in [-0.1, -0.05) is 18.2 Å². The molecule has 2 aliphatic rings. The van der Waals surface area contributed by atoms with Gasteiger partial charge >= 0.3 is 5.97 Å². The van der Waals surface area contributed by atoms with Crippen LogP contribution in [0.1, 0.15) is 31.1 Å². The van der Waals surface area contributed by atoms with Crippen LogP contribution in [0, 0.1) is 0 Å². The molecule has 1 fully saturated rings. The molecule has 0 radical (unpaired) electrons. The van der Waals surface area contributed by atoms with Crippen LogP contribution < -0.4 is 4.90 Å². The zero-order valence-electron chi connectivity index (χ0n) is 15.5. The van der Waals surface area contributed by atoms with Gasteiger partial charge in [0.15, 0.2) is 6.61 Å². The van der Waals surface area contributed by atoms with E-state index in [0.29, 0.717) is 37.4 Å². The number of morpholine rings is 1. The SMILES string of the molecule is O=C(OCC(=O)N1CCOCC1)c1cccc(N2C(=O)c3ccccc3C2=O)c1. The van der Waals surface area contributed by atoms with E-state index >= 15 is 0 Å². The standard InChI is InChI=1S/C21H18N2O6/c24-18(22-8-10-28-11-9-22)13-29-21(27)14-4-3-5-15(12-14)23-19(25)16-6-1-2-7-17(16)20(23)26/h1-7,12H,8-11,13H2. The van der Waals surface area contributed by atoms with Crippen LogP contribution in [0.3, 0.4) is 0 Å². The fraction of sp³-hybridized carbons (Fsp3) is 0.238. The van der Waals surface area contributed by atoms with Crippen LogP contribution in [-0.2, 0) is 14.3 Å². The Morgan fingerprint density at radius 3 is 2.24 bits per heavy atom. The number of carbonyl (C=O) groups is 4. The lowest BCUT2D eigenvalue weighted by Crippen LogP contribution is -2.42. The molecule has 2 aliphatic heterocycles. The topological polar surface area (TPSA) is 93.2 Å². The Hall–Kier alpha value is -3.52. The fourth-order valence-corrected chi connectivity index (χ4v) is 3.31. The van der Waals surface area contributed by atoms with Gasteiger partial charge in [-0.3, -0.25) is 14.4 Å². The average Bonchev–Trinajstić information content (AvgIpc) is 3.03. The van der Waals surface area contributed by atoms with E-state index in [1.807, 2.05) is 0 Å². The number of benzene rings is 2. The molecule has 0 N–H and O–H groups in total. The van der Waals surface area contributed by atoms with Crippen molar-refractivity contribution in [3.05, 3.63) is 65.2 Å². The Kier molecular flexibility index (Phi) is 5.09. The van der Waals surface area contributed by atoms with E-state index in [1.165, 1.54) is 12.1 Å². The summed E-state index contributed by atoms with van der Waals surface area (Å²) in [6.45, 7) is 1.47. The number of imide groups is 1. The Balaban J connectivity index is 1.46. The van der Waals surface area contributed by atoms with E-state index in [4.69, 9.17) is 9.47 Å². The molecule has 148 valence electrons. The molecule has 3 amide bonds. The number of anilines is 1. The number of amides is 3. The predicted molar refractivity (Wildman–Crippen MR) is 102 cm³/mol. The molecule has 0 aliphatic carbocycles. The number of esters is 1. The van der Waals surface area contributed by atoms with E-state index in [1.54, 1.807) is 41.3 Å². The first-order valence-corrected chi connectivity index (χ1v) is 9.17. The molecule has 2 aromatic carbocycles. The van der Waals surface area contributed by atoms with Crippen LogP contribution in [0.15, 0.2) is 48.5 Å².